The zero-order chi connectivity index (χ0) is 25.3. The highest BCUT2D eigenvalue weighted by Crippen LogP contribution is 2.29. The second-order valence-electron chi connectivity index (χ2n) is 8.25. The quantitative estimate of drug-likeness (QED) is 0.130. The number of fused-ring (bicyclic) bond motifs is 2. The van der Waals surface area contributed by atoms with Gasteiger partial charge in [-0.05, 0) is 35.5 Å². The molecule has 0 atom stereocenters. The van der Waals surface area contributed by atoms with Gasteiger partial charge >= 0.3 is 0 Å². The molecule has 0 fully saturated rings. The summed E-state index contributed by atoms with van der Waals surface area (Å²) in [6, 6.07) is 21.0. The van der Waals surface area contributed by atoms with Crippen molar-refractivity contribution in [3.63, 3.8) is 0 Å². The molecular formula is C25H23BN6O3S. The molecular weight excluding hydrogens is 475 g/mol. The number of para-hydroxylation sites is 1. The van der Waals surface area contributed by atoms with Crippen molar-refractivity contribution >= 4 is 45.6 Å². The van der Waals surface area contributed by atoms with Crippen molar-refractivity contribution in [3.8, 4) is 17.0 Å². The standard InChI is InChI=1S/C25H23BN6O3S/c26-20-16-29-32-24(15-21(30-25(20)32)19-10-3-4-11-22(19)33)28-13-6-14-31(27)36(34,35)23-12-5-8-17-7-1-2-9-18(17)23/h1-5,7-12,15-16,28,33H,6,13-14,27H2. The number of nitrogens with one attached hydrogen (secondary N) is 1. The number of phenols is 1. The number of benzene rings is 3. The number of anilines is 1. The van der Waals surface area contributed by atoms with Gasteiger partial charge in [0.25, 0.3) is 10.0 Å². The Bertz CT molecular complexity index is 1670. The minimum absolute atomic E-state index is 0.0933. The predicted molar refractivity (Wildman–Crippen MR) is 141 cm³/mol. The van der Waals surface area contributed by atoms with Crippen LogP contribution in [0.1, 0.15) is 6.42 Å². The zero-order valence-electron chi connectivity index (χ0n) is 19.2. The largest absolute Gasteiger partial charge is 0.507 e. The van der Waals surface area contributed by atoms with Crippen molar-refractivity contribution in [2.45, 2.75) is 11.3 Å². The third-order valence-electron chi connectivity index (χ3n) is 5.88. The Morgan fingerprint density at radius 1 is 1.06 bits per heavy atom. The molecule has 36 heavy (non-hydrogen) atoms. The molecule has 5 rings (SSSR count). The number of hydrazine groups is 1. The third-order valence-corrected chi connectivity index (χ3v) is 7.59. The summed E-state index contributed by atoms with van der Waals surface area (Å²) in [6.07, 6.45) is 1.92. The minimum Gasteiger partial charge on any atom is -0.507 e. The van der Waals surface area contributed by atoms with E-state index < -0.39 is 10.0 Å². The number of sulfonamides is 1. The third kappa shape index (κ3) is 4.39. The van der Waals surface area contributed by atoms with E-state index in [-0.39, 0.29) is 17.2 Å². The van der Waals surface area contributed by atoms with Crippen LogP contribution >= 0.6 is 0 Å². The second kappa shape index (κ2) is 9.61. The molecule has 2 aromatic heterocycles. The van der Waals surface area contributed by atoms with Gasteiger partial charge in [0.15, 0.2) is 5.65 Å². The topological polar surface area (TPSA) is 126 Å². The molecule has 5 aromatic rings. The summed E-state index contributed by atoms with van der Waals surface area (Å²) >= 11 is 0. The number of hydrogen-bond donors (Lipinski definition) is 3. The Kier molecular flexibility index (Phi) is 6.35. The van der Waals surface area contributed by atoms with Crippen LogP contribution in [0.4, 0.5) is 5.82 Å². The van der Waals surface area contributed by atoms with Crippen molar-refractivity contribution in [1.82, 2.24) is 19.0 Å². The predicted octanol–water partition coefficient (Wildman–Crippen LogP) is 2.42. The van der Waals surface area contributed by atoms with Crippen molar-refractivity contribution in [1.29, 1.82) is 0 Å². The Morgan fingerprint density at radius 3 is 2.64 bits per heavy atom. The first-order valence-corrected chi connectivity index (χ1v) is 12.7. The Balaban J connectivity index is 1.32. The summed E-state index contributed by atoms with van der Waals surface area (Å²) in [5.41, 5.74) is 1.91. The number of phenolic OH excluding ortho intramolecular Hbond substituents is 1. The Morgan fingerprint density at radius 2 is 1.81 bits per heavy atom. The van der Waals surface area contributed by atoms with Crippen LogP contribution in [0.3, 0.4) is 0 Å². The molecule has 0 spiro atoms. The van der Waals surface area contributed by atoms with E-state index in [2.05, 4.69) is 15.4 Å². The summed E-state index contributed by atoms with van der Waals surface area (Å²) in [5.74, 6) is 6.70. The molecule has 180 valence electrons. The average molecular weight is 498 g/mol. The van der Waals surface area contributed by atoms with E-state index in [0.717, 1.165) is 9.80 Å². The molecule has 0 amide bonds. The number of aromatic hydroxyl groups is 1. The first-order valence-electron chi connectivity index (χ1n) is 11.3. The average Bonchev–Trinajstić information content (AvgIpc) is 3.26. The van der Waals surface area contributed by atoms with Crippen LogP contribution in [0, 0.1) is 0 Å². The minimum atomic E-state index is -3.88. The molecule has 4 N–H and O–H groups in total. The maximum absolute atomic E-state index is 13.1. The molecule has 11 heteroatoms. The molecule has 0 saturated carbocycles. The normalized spacial score (nSPS) is 11.9. The molecule has 0 bridgehead atoms. The van der Waals surface area contributed by atoms with Gasteiger partial charge in [-0.3, -0.25) is 5.84 Å². The smallest absolute Gasteiger partial charge is 0.256 e. The Labute approximate surface area is 209 Å². The van der Waals surface area contributed by atoms with E-state index in [1.165, 1.54) is 6.20 Å². The zero-order valence-corrected chi connectivity index (χ0v) is 20.1. The van der Waals surface area contributed by atoms with Gasteiger partial charge in [-0.1, -0.05) is 48.5 Å². The van der Waals surface area contributed by atoms with Crippen molar-refractivity contribution in [2.75, 3.05) is 18.4 Å². The fourth-order valence-corrected chi connectivity index (χ4v) is 5.39. The van der Waals surface area contributed by atoms with Crippen LogP contribution in [-0.4, -0.2) is 53.5 Å². The van der Waals surface area contributed by atoms with Gasteiger partial charge < -0.3 is 10.4 Å². The molecule has 2 radical (unpaired) electrons. The van der Waals surface area contributed by atoms with E-state index in [4.69, 9.17) is 13.7 Å². The lowest BCUT2D eigenvalue weighted by Crippen LogP contribution is -2.38. The van der Waals surface area contributed by atoms with E-state index in [1.807, 2.05) is 18.2 Å². The maximum atomic E-state index is 13.1. The van der Waals surface area contributed by atoms with Crippen LogP contribution < -0.4 is 16.6 Å². The van der Waals surface area contributed by atoms with E-state index in [1.54, 1.807) is 59.1 Å². The van der Waals surface area contributed by atoms with Crippen molar-refractivity contribution in [3.05, 3.63) is 79.0 Å². The Hall–Kier alpha value is -3.93. The number of nitrogens with zero attached hydrogens (tertiary/aromatic N) is 4. The first-order chi connectivity index (χ1) is 17.4. The maximum Gasteiger partial charge on any atom is 0.256 e. The summed E-state index contributed by atoms with van der Waals surface area (Å²) in [5, 5.41) is 19.2. The van der Waals surface area contributed by atoms with Gasteiger partial charge in [0.2, 0.25) is 0 Å². The van der Waals surface area contributed by atoms with Crippen molar-refractivity contribution in [2.24, 2.45) is 5.84 Å². The van der Waals surface area contributed by atoms with Gasteiger partial charge in [-0.25, -0.2) is 13.4 Å². The lowest BCUT2D eigenvalue weighted by atomic mass is 10.0. The molecule has 0 aliphatic rings. The van der Waals surface area contributed by atoms with Gasteiger partial charge in [0.05, 0.1) is 10.6 Å². The molecule has 9 nitrogen and oxygen atoms in total. The number of aromatic nitrogens is 3. The fraction of sp³-hybridized carbons (Fsp3) is 0.120. The van der Waals surface area contributed by atoms with Crippen LogP contribution in [-0.2, 0) is 10.0 Å². The molecule has 2 heterocycles. The van der Waals surface area contributed by atoms with Crippen LogP contribution in [0.15, 0.2) is 83.9 Å². The van der Waals surface area contributed by atoms with Gasteiger partial charge in [-0.2, -0.15) is 9.61 Å². The van der Waals surface area contributed by atoms with Gasteiger partial charge in [-0.15, -0.1) is 4.41 Å². The SMILES string of the molecule is [B]c1cnn2c(NCCCN(N)S(=O)(=O)c3cccc4ccccc34)cc(-c3ccccc3O)nc12. The summed E-state index contributed by atoms with van der Waals surface area (Å²) in [6.45, 7) is 0.498. The molecule has 0 aliphatic carbocycles. The van der Waals surface area contributed by atoms with Crippen LogP contribution in [0.2, 0.25) is 0 Å². The molecule has 0 saturated heterocycles. The van der Waals surface area contributed by atoms with Crippen molar-refractivity contribution < 1.29 is 13.5 Å². The highest BCUT2D eigenvalue weighted by Gasteiger charge is 2.23. The summed E-state index contributed by atoms with van der Waals surface area (Å²) in [7, 11) is 2.16. The van der Waals surface area contributed by atoms with Crippen LogP contribution in [0.5, 0.6) is 5.75 Å². The van der Waals surface area contributed by atoms with Gasteiger partial charge in [0, 0.05) is 36.3 Å². The lowest BCUT2D eigenvalue weighted by molar-refractivity contribution is 0.423. The lowest BCUT2D eigenvalue weighted by Gasteiger charge is -2.18. The molecule has 3 aromatic carbocycles. The summed E-state index contributed by atoms with van der Waals surface area (Å²) < 4.78 is 28.7. The second-order valence-corrected chi connectivity index (χ2v) is 10.1. The number of hydrogen-bond acceptors (Lipinski definition) is 7. The van der Waals surface area contributed by atoms with Crippen LogP contribution in [0.25, 0.3) is 27.7 Å². The highest BCUT2D eigenvalue weighted by molar-refractivity contribution is 7.89. The van der Waals surface area contributed by atoms with E-state index in [0.29, 0.717) is 46.5 Å². The number of nitrogens with two attached hydrogens (primary N) is 1. The first kappa shape index (κ1) is 23.8. The fourth-order valence-electron chi connectivity index (χ4n) is 4.05. The van der Waals surface area contributed by atoms with E-state index in [9.17, 15) is 13.5 Å². The highest BCUT2D eigenvalue weighted by atomic mass is 32.2. The van der Waals surface area contributed by atoms with Gasteiger partial charge in [0.1, 0.15) is 19.4 Å². The molecule has 0 aliphatic heterocycles. The number of rotatable bonds is 8. The molecule has 0 unspecified atom stereocenters. The monoisotopic (exact) mass is 498 g/mol. The van der Waals surface area contributed by atoms with E-state index >= 15 is 0 Å². The summed E-state index contributed by atoms with van der Waals surface area (Å²) in [4.78, 5) is 4.71.